The molecule has 0 radical (unpaired) electrons. The van der Waals surface area contributed by atoms with Gasteiger partial charge in [-0.1, -0.05) is 17.2 Å². The Morgan fingerprint density at radius 2 is 2.14 bits per heavy atom. The number of rotatable bonds is 8. The molecule has 0 aliphatic heterocycles. The van der Waals surface area contributed by atoms with Crippen LogP contribution in [0.15, 0.2) is 29.4 Å². The smallest absolute Gasteiger partial charge is 0.326 e. The van der Waals surface area contributed by atoms with Gasteiger partial charge >= 0.3 is 5.97 Å². The summed E-state index contributed by atoms with van der Waals surface area (Å²) in [6.45, 7) is 4.30. The van der Waals surface area contributed by atoms with Crippen molar-refractivity contribution in [1.82, 2.24) is 5.32 Å². The highest BCUT2D eigenvalue weighted by molar-refractivity contribution is 5.80. The molecular formula is C14H19FN4O2. The molecular weight excluding hydrogens is 275 g/mol. The molecule has 0 fully saturated rings. The number of carbonyl (C=O) groups excluding carboxylic acids is 1. The second-order valence-electron chi connectivity index (χ2n) is 4.74. The van der Waals surface area contributed by atoms with Crippen LogP contribution in [0.25, 0.3) is 10.4 Å². The molecule has 7 heteroatoms. The third-order valence-electron chi connectivity index (χ3n) is 2.99. The van der Waals surface area contributed by atoms with Gasteiger partial charge in [0.15, 0.2) is 0 Å². The number of carbonyl (C=O) groups is 1. The largest absolute Gasteiger partial charge is 0.465 e. The van der Waals surface area contributed by atoms with Crippen molar-refractivity contribution in [1.29, 1.82) is 0 Å². The van der Waals surface area contributed by atoms with Crippen LogP contribution in [0.1, 0.15) is 19.4 Å². The summed E-state index contributed by atoms with van der Waals surface area (Å²) in [5, 5.41) is 6.46. The Kier molecular flexibility index (Phi) is 6.65. The number of nitrogens with zero attached hydrogens (tertiary/aromatic N) is 3. The Morgan fingerprint density at radius 1 is 1.48 bits per heavy atom. The van der Waals surface area contributed by atoms with E-state index in [1.165, 1.54) is 12.1 Å². The summed E-state index contributed by atoms with van der Waals surface area (Å²) in [4.78, 5) is 14.8. The second kappa shape index (κ2) is 8.24. The molecule has 1 unspecified atom stereocenters. The van der Waals surface area contributed by atoms with Crippen LogP contribution in [0.3, 0.4) is 0 Å². The van der Waals surface area contributed by atoms with Crippen molar-refractivity contribution >= 4 is 5.97 Å². The molecule has 1 N–H and O–H groups in total. The molecule has 1 atom stereocenters. The van der Waals surface area contributed by atoms with Gasteiger partial charge in [0.1, 0.15) is 11.4 Å². The van der Waals surface area contributed by atoms with Gasteiger partial charge in [0.25, 0.3) is 0 Å². The molecule has 1 aromatic rings. The van der Waals surface area contributed by atoms with Gasteiger partial charge in [-0.15, -0.1) is 0 Å². The lowest BCUT2D eigenvalue weighted by molar-refractivity contribution is -0.150. The van der Waals surface area contributed by atoms with E-state index in [1.807, 2.05) is 0 Å². The predicted molar refractivity (Wildman–Crippen MR) is 77.2 cm³/mol. The van der Waals surface area contributed by atoms with Gasteiger partial charge < -0.3 is 10.1 Å². The summed E-state index contributed by atoms with van der Waals surface area (Å²) in [6.07, 6.45) is 0.350. The highest BCUT2D eigenvalue weighted by Crippen LogP contribution is 2.16. The predicted octanol–water partition coefficient (Wildman–Crippen LogP) is 2.59. The Labute approximate surface area is 122 Å². The molecule has 1 rings (SSSR count). The monoisotopic (exact) mass is 294 g/mol. The standard InChI is InChI=1S/C14H19FN4O2/c1-3-21-13(20)14(2,17-8-9-18-19-16)10-11-4-6-12(15)7-5-11/h4-7,17H,3,8-10H2,1-2H3. The maximum Gasteiger partial charge on any atom is 0.326 e. The molecule has 0 aliphatic carbocycles. The summed E-state index contributed by atoms with van der Waals surface area (Å²) in [5.74, 6) is -0.719. The first-order chi connectivity index (χ1) is 10.0. The Balaban J connectivity index is 2.81. The Bertz CT molecular complexity index is 514. The van der Waals surface area contributed by atoms with Crippen LogP contribution in [-0.2, 0) is 16.0 Å². The Morgan fingerprint density at radius 3 is 2.71 bits per heavy atom. The van der Waals surface area contributed by atoms with Crippen molar-refractivity contribution in [3.8, 4) is 0 Å². The van der Waals surface area contributed by atoms with Gasteiger partial charge in [-0.05, 0) is 37.1 Å². The van der Waals surface area contributed by atoms with Gasteiger partial charge in [0, 0.05) is 24.4 Å². The average molecular weight is 294 g/mol. The third kappa shape index (κ3) is 5.41. The van der Waals surface area contributed by atoms with E-state index < -0.39 is 11.5 Å². The molecule has 0 heterocycles. The van der Waals surface area contributed by atoms with E-state index in [-0.39, 0.29) is 19.0 Å². The second-order valence-corrected chi connectivity index (χ2v) is 4.74. The van der Waals surface area contributed by atoms with Gasteiger partial charge in [0.2, 0.25) is 0 Å². The summed E-state index contributed by atoms with van der Waals surface area (Å²) < 4.78 is 18.0. The minimum atomic E-state index is -0.960. The molecule has 0 amide bonds. The van der Waals surface area contributed by atoms with Crippen molar-refractivity contribution in [2.45, 2.75) is 25.8 Å². The molecule has 0 aromatic heterocycles. The first kappa shape index (κ1) is 16.9. The number of esters is 1. The first-order valence-corrected chi connectivity index (χ1v) is 6.69. The number of halogens is 1. The molecule has 0 saturated carbocycles. The Hall–Kier alpha value is -2.11. The van der Waals surface area contributed by atoms with Gasteiger partial charge in [-0.2, -0.15) is 0 Å². The summed E-state index contributed by atoms with van der Waals surface area (Å²) in [6, 6.07) is 5.95. The van der Waals surface area contributed by atoms with Crippen molar-refractivity contribution in [3.05, 3.63) is 46.1 Å². The van der Waals surface area contributed by atoms with E-state index in [2.05, 4.69) is 15.3 Å². The van der Waals surface area contributed by atoms with Crippen LogP contribution < -0.4 is 5.32 Å². The van der Waals surface area contributed by atoms with Crippen LogP contribution in [0.4, 0.5) is 4.39 Å². The maximum absolute atomic E-state index is 12.9. The lowest BCUT2D eigenvalue weighted by Crippen LogP contribution is -2.53. The maximum atomic E-state index is 12.9. The quantitative estimate of drug-likeness (QED) is 0.263. The van der Waals surface area contributed by atoms with Crippen molar-refractivity contribution in [3.63, 3.8) is 0 Å². The van der Waals surface area contributed by atoms with Gasteiger partial charge in [0.05, 0.1) is 6.61 Å². The lowest BCUT2D eigenvalue weighted by atomic mass is 9.92. The molecule has 0 aliphatic rings. The number of benzene rings is 1. The van der Waals surface area contributed by atoms with Crippen LogP contribution in [0.2, 0.25) is 0 Å². The number of azide groups is 1. The number of nitrogens with one attached hydrogen (secondary N) is 1. The highest BCUT2D eigenvalue weighted by atomic mass is 19.1. The van der Waals surface area contributed by atoms with E-state index in [0.29, 0.717) is 13.0 Å². The molecule has 0 saturated heterocycles. The van der Waals surface area contributed by atoms with Gasteiger partial charge in [-0.25, -0.2) is 4.39 Å². The van der Waals surface area contributed by atoms with E-state index in [0.717, 1.165) is 5.56 Å². The zero-order valence-corrected chi connectivity index (χ0v) is 12.2. The zero-order chi connectivity index (χ0) is 15.7. The van der Waals surface area contributed by atoms with E-state index in [9.17, 15) is 9.18 Å². The van der Waals surface area contributed by atoms with Crippen LogP contribution in [0, 0.1) is 5.82 Å². The number of hydrogen-bond acceptors (Lipinski definition) is 4. The topological polar surface area (TPSA) is 87.1 Å². The average Bonchev–Trinajstić information content (AvgIpc) is 2.46. The highest BCUT2D eigenvalue weighted by Gasteiger charge is 2.34. The molecule has 114 valence electrons. The summed E-state index contributed by atoms with van der Waals surface area (Å²) in [5.41, 5.74) is 8.10. The van der Waals surface area contributed by atoms with Crippen LogP contribution >= 0.6 is 0 Å². The minimum Gasteiger partial charge on any atom is -0.465 e. The number of hydrogen-bond donors (Lipinski definition) is 1. The SMILES string of the molecule is CCOC(=O)C(C)(Cc1ccc(F)cc1)NCCN=[N+]=[N-]. The summed E-state index contributed by atoms with van der Waals surface area (Å²) in [7, 11) is 0. The van der Waals surface area contributed by atoms with E-state index in [1.54, 1.807) is 26.0 Å². The minimum absolute atomic E-state index is 0.231. The fourth-order valence-corrected chi connectivity index (χ4v) is 1.93. The van der Waals surface area contributed by atoms with Crippen LogP contribution in [0.5, 0.6) is 0 Å². The fraction of sp³-hybridized carbons (Fsp3) is 0.500. The summed E-state index contributed by atoms with van der Waals surface area (Å²) >= 11 is 0. The number of ether oxygens (including phenoxy) is 1. The van der Waals surface area contributed by atoms with Crippen molar-refractivity contribution < 1.29 is 13.9 Å². The van der Waals surface area contributed by atoms with Crippen molar-refractivity contribution in [2.24, 2.45) is 5.11 Å². The molecule has 21 heavy (non-hydrogen) atoms. The van der Waals surface area contributed by atoms with E-state index in [4.69, 9.17) is 10.3 Å². The first-order valence-electron chi connectivity index (χ1n) is 6.69. The third-order valence-corrected chi connectivity index (χ3v) is 2.99. The molecule has 6 nitrogen and oxygen atoms in total. The van der Waals surface area contributed by atoms with Crippen molar-refractivity contribution in [2.75, 3.05) is 19.7 Å². The van der Waals surface area contributed by atoms with Crippen LogP contribution in [-0.4, -0.2) is 31.2 Å². The van der Waals surface area contributed by atoms with Gasteiger partial charge in [-0.3, -0.25) is 4.79 Å². The zero-order valence-electron chi connectivity index (χ0n) is 12.2. The lowest BCUT2D eigenvalue weighted by Gasteiger charge is -2.28. The molecule has 0 spiro atoms. The fourth-order valence-electron chi connectivity index (χ4n) is 1.93. The molecule has 1 aromatic carbocycles. The normalized spacial score (nSPS) is 13.1. The molecule has 0 bridgehead atoms. The van der Waals surface area contributed by atoms with E-state index >= 15 is 0 Å².